The first-order valence-corrected chi connectivity index (χ1v) is 7.10. The number of nitrogens with zero attached hydrogens (tertiary/aromatic N) is 2. The van der Waals surface area contributed by atoms with E-state index in [1.54, 1.807) is 25.8 Å². The van der Waals surface area contributed by atoms with Gasteiger partial charge in [-0.25, -0.2) is 14.6 Å². The van der Waals surface area contributed by atoms with Gasteiger partial charge in [0.1, 0.15) is 5.60 Å². The first kappa shape index (κ1) is 16.0. The van der Waals surface area contributed by atoms with Crippen LogP contribution in [0.25, 0.3) is 0 Å². The van der Waals surface area contributed by atoms with E-state index in [2.05, 4.69) is 0 Å². The monoisotopic (exact) mass is 301 g/mol. The van der Waals surface area contributed by atoms with Crippen molar-refractivity contribution in [1.29, 1.82) is 0 Å². The van der Waals surface area contributed by atoms with Crippen LogP contribution in [0.1, 0.15) is 33.6 Å². The molecule has 3 N–H and O–H groups in total. The first-order valence-electron chi connectivity index (χ1n) is 7.10. The average Bonchev–Trinajstić information content (AvgIpc) is 2.90. The van der Waals surface area contributed by atoms with Crippen molar-refractivity contribution in [1.82, 2.24) is 10.0 Å². The number of hydrogen-bond acceptors (Lipinski definition) is 7. The lowest BCUT2D eigenvalue weighted by Crippen LogP contribution is -2.57. The molecule has 2 aliphatic heterocycles. The molecule has 8 heteroatoms. The third-order valence-electron chi connectivity index (χ3n) is 3.43. The lowest BCUT2D eigenvalue weighted by molar-refractivity contribution is -0.167. The summed E-state index contributed by atoms with van der Waals surface area (Å²) < 4.78 is 10.4. The fraction of sp³-hybridized carbons (Fsp3) is 0.846. The minimum Gasteiger partial charge on any atom is -0.458 e. The van der Waals surface area contributed by atoms with E-state index in [0.717, 1.165) is 12.8 Å². The maximum atomic E-state index is 12.4. The summed E-state index contributed by atoms with van der Waals surface area (Å²) >= 11 is 0. The van der Waals surface area contributed by atoms with E-state index >= 15 is 0 Å². The molecule has 2 heterocycles. The topological polar surface area (TPSA) is 105 Å². The lowest BCUT2D eigenvalue weighted by atomic mass is 10.1. The largest absolute Gasteiger partial charge is 0.458 e. The SMILES string of the molecule is CC(C)(C)OC(=O)C1C(CO)OC(=O)N1N1CCCC1N. The lowest BCUT2D eigenvalue weighted by Gasteiger charge is -2.34. The van der Waals surface area contributed by atoms with Gasteiger partial charge in [-0.15, -0.1) is 0 Å². The number of amides is 1. The van der Waals surface area contributed by atoms with Crippen LogP contribution >= 0.6 is 0 Å². The zero-order valence-corrected chi connectivity index (χ0v) is 12.6. The molecule has 120 valence electrons. The molecule has 0 bridgehead atoms. The number of rotatable bonds is 3. The van der Waals surface area contributed by atoms with Gasteiger partial charge in [-0.1, -0.05) is 0 Å². The summed E-state index contributed by atoms with van der Waals surface area (Å²) in [6.45, 7) is 5.33. The average molecular weight is 301 g/mol. The summed E-state index contributed by atoms with van der Waals surface area (Å²) in [4.78, 5) is 24.4. The summed E-state index contributed by atoms with van der Waals surface area (Å²) in [5, 5.41) is 12.2. The van der Waals surface area contributed by atoms with Crippen LogP contribution in [0.15, 0.2) is 0 Å². The third kappa shape index (κ3) is 3.28. The van der Waals surface area contributed by atoms with Gasteiger partial charge in [0.15, 0.2) is 12.1 Å². The first-order chi connectivity index (χ1) is 9.74. The van der Waals surface area contributed by atoms with E-state index in [0.29, 0.717) is 6.54 Å². The fourth-order valence-electron chi connectivity index (χ4n) is 2.58. The van der Waals surface area contributed by atoms with Crippen molar-refractivity contribution < 1.29 is 24.2 Å². The molecule has 21 heavy (non-hydrogen) atoms. The second-order valence-corrected chi connectivity index (χ2v) is 6.30. The van der Waals surface area contributed by atoms with Crippen LogP contribution in [0.5, 0.6) is 0 Å². The van der Waals surface area contributed by atoms with Gasteiger partial charge in [-0.05, 0) is 33.6 Å². The molecule has 2 rings (SSSR count). The fourth-order valence-corrected chi connectivity index (χ4v) is 2.58. The van der Waals surface area contributed by atoms with Crippen molar-refractivity contribution >= 4 is 12.1 Å². The van der Waals surface area contributed by atoms with E-state index in [9.17, 15) is 14.7 Å². The van der Waals surface area contributed by atoms with Gasteiger partial charge >= 0.3 is 12.1 Å². The number of aliphatic hydroxyl groups is 1. The van der Waals surface area contributed by atoms with Gasteiger partial charge in [0.2, 0.25) is 0 Å². The predicted octanol–water partition coefficient (Wildman–Crippen LogP) is -0.195. The summed E-state index contributed by atoms with van der Waals surface area (Å²) in [6, 6.07) is -1.01. The summed E-state index contributed by atoms with van der Waals surface area (Å²) in [5.41, 5.74) is 5.27. The molecule has 3 atom stereocenters. The van der Waals surface area contributed by atoms with Crippen molar-refractivity contribution in [2.75, 3.05) is 13.2 Å². The number of esters is 1. The summed E-state index contributed by atoms with van der Waals surface area (Å²) in [6.07, 6.45) is -0.410. The highest BCUT2D eigenvalue weighted by Crippen LogP contribution is 2.28. The van der Waals surface area contributed by atoms with Gasteiger partial charge in [0.05, 0.1) is 12.8 Å². The molecule has 0 aromatic rings. The molecule has 8 nitrogen and oxygen atoms in total. The number of aliphatic hydroxyl groups excluding tert-OH is 1. The predicted molar refractivity (Wildman–Crippen MR) is 72.7 cm³/mol. The van der Waals surface area contributed by atoms with Gasteiger partial charge < -0.3 is 20.3 Å². The maximum Gasteiger partial charge on any atom is 0.425 e. The molecule has 2 aliphatic rings. The van der Waals surface area contributed by atoms with E-state index in [1.807, 2.05) is 0 Å². The Morgan fingerprint density at radius 2 is 2.19 bits per heavy atom. The molecule has 2 saturated heterocycles. The number of carbonyl (C=O) groups excluding carboxylic acids is 2. The van der Waals surface area contributed by atoms with Gasteiger partial charge in [0, 0.05) is 6.54 Å². The van der Waals surface area contributed by atoms with Crippen molar-refractivity contribution in [2.24, 2.45) is 5.73 Å². The standard InChI is InChI=1S/C13H23N3O5/c1-13(2,3)21-11(18)10-8(7-17)20-12(19)16(10)15-6-4-5-9(15)14/h8-10,17H,4-7,14H2,1-3H3. The summed E-state index contributed by atoms with van der Waals surface area (Å²) in [5.74, 6) is -0.605. The van der Waals surface area contributed by atoms with Crippen LogP contribution in [0.2, 0.25) is 0 Å². The number of nitrogens with two attached hydrogens (primary N) is 1. The molecule has 0 saturated carbocycles. The van der Waals surface area contributed by atoms with E-state index in [1.165, 1.54) is 5.01 Å². The zero-order chi connectivity index (χ0) is 15.8. The molecule has 1 amide bonds. The van der Waals surface area contributed by atoms with Crippen LogP contribution in [0.4, 0.5) is 4.79 Å². The van der Waals surface area contributed by atoms with Gasteiger partial charge in [0.25, 0.3) is 0 Å². The van der Waals surface area contributed by atoms with Crippen LogP contribution in [0, 0.1) is 0 Å². The van der Waals surface area contributed by atoms with Crippen molar-refractivity contribution in [3.63, 3.8) is 0 Å². The minimum atomic E-state index is -1.01. The number of cyclic esters (lactones) is 1. The highest BCUT2D eigenvalue weighted by molar-refractivity contribution is 5.85. The smallest absolute Gasteiger partial charge is 0.425 e. The third-order valence-corrected chi connectivity index (χ3v) is 3.43. The Balaban J connectivity index is 2.23. The van der Waals surface area contributed by atoms with Crippen molar-refractivity contribution in [3.8, 4) is 0 Å². The van der Waals surface area contributed by atoms with E-state index in [-0.39, 0.29) is 6.17 Å². The molecule has 0 aromatic heterocycles. The number of ether oxygens (including phenoxy) is 2. The van der Waals surface area contributed by atoms with Crippen LogP contribution < -0.4 is 5.73 Å². The highest BCUT2D eigenvalue weighted by atomic mass is 16.6. The Morgan fingerprint density at radius 3 is 2.67 bits per heavy atom. The van der Waals surface area contributed by atoms with E-state index < -0.39 is 36.4 Å². The van der Waals surface area contributed by atoms with E-state index in [4.69, 9.17) is 15.2 Å². The molecule has 0 aromatic carbocycles. The molecular weight excluding hydrogens is 278 g/mol. The minimum absolute atomic E-state index is 0.347. The Hall–Kier alpha value is -1.38. The number of hydrogen-bond donors (Lipinski definition) is 2. The van der Waals surface area contributed by atoms with Gasteiger partial charge in [-0.3, -0.25) is 0 Å². The number of carbonyl (C=O) groups is 2. The highest BCUT2D eigenvalue weighted by Gasteiger charge is 2.52. The molecule has 0 radical (unpaired) electrons. The Kier molecular flexibility index (Phi) is 4.40. The molecule has 2 fully saturated rings. The zero-order valence-electron chi connectivity index (χ0n) is 12.6. The molecule has 0 spiro atoms. The van der Waals surface area contributed by atoms with Crippen molar-refractivity contribution in [2.45, 2.75) is 57.5 Å². The molecular formula is C13H23N3O5. The van der Waals surface area contributed by atoms with Crippen LogP contribution in [-0.2, 0) is 14.3 Å². The second-order valence-electron chi connectivity index (χ2n) is 6.30. The maximum absolute atomic E-state index is 12.4. The second kappa shape index (κ2) is 5.78. The number of hydrazine groups is 1. The molecule has 0 aliphatic carbocycles. The molecule has 3 unspecified atom stereocenters. The summed E-state index contributed by atoms with van der Waals surface area (Å²) in [7, 11) is 0. The quantitative estimate of drug-likeness (QED) is 0.696. The normalized spacial score (nSPS) is 30.6. The van der Waals surface area contributed by atoms with Crippen LogP contribution in [-0.4, -0.2) is 64.3 Å². The Morgan fingerprint density at radius 1 is 1.52 bits per heavy atom. The van der Waals surface area contributed by atoms with Crippen LogP contribution in [0.3, 0.4) is 0 Å². The Bertz CT molecular complexity index is 423. The van der Waals surface area contributed by atoms with Gasteiger partial charge in [-0.2, -0.15) is 5.01 Å². The van der Waals surface area contributed by atoms with Crippen molar-refractivity contribution in [3.05, 3.63) is 0 Å². The Labute approximate surface area is 123 Å².